The molecule has 0 spiro atoms. The average Bonchev–Trinajstić information content (AvgIpc) is 3.31. The van der Waals surface area contributed by atoms with Gasteiger partial charge in [-0.1, -0.05) is 18.2 Å². The van der Waals surface area contributed by atoms with Crippen LogP contribution >= 0.6 is 12.2 Å². The first-order chi connectivity index (χ1) is 13.5. The van der Waals surface area contributed by atoms with Crippen LogP contribution in [-0.2, 0) is 20.8 Å². The Hall–Kier alpha value is -3.59. The molecule has 9 heteroatoms. The Morgan fingerprint density at radius 2 is 2.04 bits per heavy atom. The molecule has 1 saturated heterocycles. The minimum absolute atomic E-state index is 0.0418. The first-order valence-corrected chi connectivity index (χ1v) is 8.80. The molecule has 3 heterocycles. The van der Waals surface area contributed by atoms with E-state index in [2.05, 4.69) is 10.1 Å². The van der Waals surface area contributed by atoms with E-state index in [4.69, 9.17) is 16.6 Å². The molecule has 3 amide bonds. The van der Waals surface area contributed by atoms with Crippen molar-refractivity contribution in [1.29, 1.82) is 0 Å². The number of aromatic amines is 1. The minimum atomic E-state index is -0.663. The third-order valence-corrected chi connectivity index (χ3v) is 4.63. The normalized spacial score (nSPS) is 15.2. The van der Waals surface area contributed by atoms with Crippen molar-refractivity contribution in [2.45, 2.75) is 12.8 Å². The van der Waals surface area contributed by atoms with E-state index in [1.807, 2.05) is 24.3 Å². The van der Waals surface area contributed by atoms with Gasteiger partial charge in [0.2, 0.25) is 16.9 Å². The van der Waals surface area contributed by atoms with E-state index in [-0.39, 0.29) is 11.5 Å². The number of furan rings is 1. The summed E-state index contributed by atoms with van der Waals surface area (Å²) < 4.78 is 5.12. The number of hydrogen-bond acceptors (Lipinski definition) is 6. The number of amides is 3. The van der Waals surface area contributed by atoms with Crippen LogP contribution < -0.4 is 0 Å². The van der Waals surface area contributed by atoms with E-state index in [1.54, 1.807) is 18.3 Å². The lowest BCUT2D eigenvalue weighted by molar-refractivity contribution is -0.146. The van der Waals surface area contributed by atoms with Gasteiger partial charge in [0.05, 0.1) is 18.9 Å². The van der Waals surface area contributed by atoms with Crippen molar-refractivity contribution in [3.8, 4) is 0 Å². The zero-order valence-corrected chi connectivity index (χ0v) is 15.3. The number of para-hydroxylation sites is 1. The highest BCUT2D eigenvalue weighted by Gasteiger charge is 2.39. The number of fused-ring (bicyclic) bond motifs is 1. The molecule has 0 atom stereocenters. The van der Waals surface area contributed by atoms with Crippen LogP contribution in [0, 0.1) is 0 Å². The predicted molar refractivity (Wildman–Crippen MR) is 104 cm³/mol. The topological polar surface area (TPSA) is 99.0 Å². The Morgan fingerprint density at radius 3 is 2.82 bits per heavy atom. The van der Waals surface area contributed by atoms with Gasteiger partial charge in [-0.3, -0.25) is 14.4 Å². The molecule has 0 unspecified atom stereocenters. The summed E-state index contributed by atoms with van der Waals surface area (Å²) in [5, 5.41) is 5.46. The van der Waals surface area contributed by atoms with Crippen LogP contribution in [-0.4, -0.2) is 43.9 Å². The number of H-pyrrole nitrogens is 1. The first kappa shape index (κ1) is 17.8. The molecule has 4 rings (SSSR count). The number of carbonyl (C=O) groups excluding carboxylic acids is 3. The largest absolute Gasteiger partial charge is 0.463 e. The lowest BCUT2D eigenvalue weighted by Crippen LogP contribution is -2.55. The van der Waals surface area contributed by atoms with Gasteiger partial charge >= 0.3 is 0 Å². The number of hydrazone groups is 1. The molecule has 2 aromatic heterocycles. The van der Waals surface area contributed by atoms with Gasteiger partial charge in [-0.15, -0.1) is 0 Å². The van der Waals surface area contributed by atoms with Crippen LogP contribution in [0.2, 0.25) is 0 Å². The zero-order chi connectivity index (χ0) is 19.7. The maximum Gasteiger partial charge on any atom is 0.258 e. The second kappa shape index (κ2) is 7.20. The highest BCUT2D eigenvalue weighted by molar-refractivity contribution is 7.80. The van der Waals surface area contributed by atoms with Crippen LogP contribution in [0.15, 0.2) is 58.4 Å². The molecular formula is C19H14N4O4S. The number of benzene rings is 1. The summed E-state index contributed by atoms with van der Waals surface area (Å²) in [6.45, 7) is 0. The van der Waals surface area contributed by atoms with Crippen LogP contribution in [0.5, 0.6) is 0 Å². The van der Waals surface area contributed by atoms with Crippen LogP contribution in [0.25, 0.3) is 10.9 Å². The number of rotatable bonds is 4. The van der Waals surface area contributed by atoms with Crippen molar-refractivity contribution in [1.82, 2.24) is 14.9 Å². The van der Waals surface area contributed by atoms with Gasteiger partial charge in [0, 0.05) is 17.1 Å². The predicted octanol–water partition coefficient (Wildman–Crippen LogP) is 2.21. The summed E-state index contributed by atoms with van der Waals surface area (Å²) in [4.78, 5) is 41.2. The fourth-order valence-corrected chi connectivity index (χ4v) is 3.30. The number of hydrogen-bond donors (Lipinski definition) is 1. The lowest BCUT2D eigenvalue weighted by Gasteiger charge is -2.30. The Balaban J connectivity index is 1.57. The summed E-state index contributed by atoms with van der Waals surface area (Å²) in [6, 6.07) is 10.8. The molecule has 1 fully saturated rings. The molecular weight excluding hydrogens is 380 g/mol. The van der Waals surface area contributed by atoms with E-state index in [1.165, 1.54) is 12.5 Å². The molecule has 1 aromatic carbocycles. The third kappa shape index (κ3) is 3.23. The standard InChI is InChI=1S/C19H14N4O4S/c24-16(8-12-10-20-15-6-2-1-5-14(12)15)22-17(25)9-18(26)23(19(22)28)21-11-13-4-3-7-27-13/h1-7,10-11,20H,8-9H2. The molecule has 1 aliphatic rings. The Bertz CT molecular complexity index is 1120. The van der Waals surface area contributed by atoms with Crippen molar-refractivity contribution in [2.75, 3.05) is 0 Å². The van der Waals surface area contributed by atoms with E-state index < -0.39 is 24.1 Å². The Morgan fingerprint density at radius 1 is 1.21 bits per heavy atom. The van der Waals surface area contributed by atoms with E-state index >= 15 is 0 Å². The number of aromatic nitrogens is 1. The zero-order valence-electron chi connectivity index (χ0n) is 14.5. The molecule has 1 N–H and O–H groups in total. The SMILES string of the molecule is O=C1CC(=O)N(C(=O)Cc2c[nH]c3ccccc23)C(=S)N1N=Cc1ccco1. The molecule has 3 aromatic rings. The van der Waals surface area contributed by atoms with Gasteiger partial charge in [0.25, 0.3) is 5.91 Å². The number of nitrogens with zero attached hydrogens (tertiary/aromatic N) is 3. The van der Waals surface area contributed by atoms with Gasteiger partial charge < -0.3 is 9.40 Å². The monoisotopic (exact) mass is 394 g/mol. The first-order valence-electron chi connectivity index (χ1n) is 8.40. The summed E-state index contributed by atoms with van der Waals surface area (Å²) in [7, 11) is 0. The highest BCUT2D eigenvalue weighted by Crippen LogP contribution is 2.21. The Labute approximate surface area is 164 Å². The van der Waals surface area contributed by atoms with Crippen LogP contribution in [0.3, 0.4) is 0 Å². The van der Waals surface area contributed by atoms with Gasteiger partial charge in [-0.05, 0) is 36.0 Å². The Kier molecular flexibility index (Phi) is 4.58. The maximum absolute atomic E-state index is 12.8. The molecule has 1 aliphatic heterocycles. The molecule has 0 bridgehead atoms. The fourth-order valence-electron chi connectivity index (χ4n) is 2.95. The van der Waals surface area contributed by atoms with E-state index in [0.717, 1.165) is 26.4 Å². The molecule has 140 valence electrons. The average molecular weight is 394 g/mol. The second-order valence-electron chi connectivity index (χ2n) is 6.08. The highest BCUT2D eigenvalue weighted by atomic mass is 32.1. The summed E-state index contributed by atoms with van der Waals surface area (Å²) in [6.07, 6.45) is 3.94. The van der Waals surface area contributed by atoms with Gasteiger partial charge in [0.1, 0.15) is 12.2 Å². The summed E-state index contributed by atoms with van der Waals surface area (Å²) in [5.74, 6) is -1.38. The third-order valence-electron chi connectivity index (χ3n) is 4.27. The second-order valence-corrected chi connectivity index (χ2v) is 6.45. The van der Waals surface area contributed by atoms with Crippen molar-refractivity contribution in [3.63, 3.8) is 0 Å². The van der Waals surface area contributed by atoms with Crippen molar-refractivity contribution in [3.05, 3.63) is 60.2 Å². The number of thiocarbonyl (C=S) groups is 1. The minimum Gasteiger partial charge on any atom is -0.463 e. The van der Waals surface area contributed by atoms with Gasteiger partial charge in [0.15, 0.2) is 0 Å². The lowest BCUT2D eigenvalue weighted by atomic mass is 10.1. The van der Waals surface area contributed by atoms with Gasteiger partial charge in [-0.25, -0.2) is 4.90 Å². The fraction of sp³-hybridized carbons (Fsp3) is 0.105. The molecule has 0 radical (unpaired) electrons. The van der Waals surface area contributed by atoms with Crippen LogP contribution in [0.1, 0.15) is 17.7 Å². The van der Waals surface area contributed by atoms with Crippen molar-refractivity contribution in [2.24, 2.45) is 5.10 Å². The smallest absolute Gasteiger partial charge is 0.258 e. The molecule has 0 saturated carbocycles. The molecule has 8 nitrogen and oxygen atoms in total. The maximum atomic E-state index is 12.8. The van der Waals surface area contributed by atoms with E-state index in [0.29, 0.717) is 5.76 Å². The quantitative estimate of drug-likeness (QED) is 0.416. The molecule has 28 heavy (non-hydrogen) atoms. The van der Waals surface area contributed by atoms with E-state index in [9.17, 15) is 14.4 Å². The van der Waals surface area contributed by atoms with Crippen molar-refractivity contribution >= 4 is 52.2 Å². The summed E-state index contributed by atoms with van der Waals surface area (Å²) in [5.41, 5.74) is 1.62. The van der Waals surface area contributed by atoms with Crippen LogP contribution in [0.4, 0.5) is 0 Å². The number of imide groups is 1. The number of nitrogens with one attached hydrogen (secondary N) is 1. The summed E-state index contributed by atoms with van der Waals surface area (Å²) >= 11 is 5.20. The molecule has 0 aliphatic carbocycles. The van der Waals surface area contributed by atoms with Gasteiger partial charge in [-0.2, -0.15) is 10.1 Å². The van der Waals surface area contributed by atoms with Crippen molar-refractivity contribution < 1.29 is 18.8 Å². The number of carbonyl (C=O) groups is 3.